The molecule has 4 nitrogen and oxygen atoms in total. The van der Waals surface area contributed by atoms with Gasteiger partial charge in [-0.2, -0.15) is 0 Å². The normalized spacial score (nSPS) is 12.2. The molecule has 1 atom stereocenters. The highest BCUT2D eigenvalue weighted by Crippen LogP contribution is 2.23. The zero-order chi connectivity index (χ0) is 13.7. The van der Waals surface area contributed by atoms with Gasteiger partial charge in [-0.05, 0) is 32.4 Å². The van der Waals surface area contributed by atoms with Crippen molar-refractivity contribution in [3.8, 4) is 0 Å². The first kappa shape index (κ1) is 13.8. The summed E-state index contributed by atoms with van der Waals surface area (Å²) in [5.41, 5.74) is 0. The third-order valence-electron chi connectivity index (χ3n) is 2.76. The number of aromatic nitrogens is 2. The SMILES string of the molecule is CCNc1cccc(NC(C)c2ncc(CC)s2)n1. The number of rotatable bonds is 6. The summed E-state index contributed by atoms with van der Waals surface area (Å²) in [5, 5.41) is 7.71. The molecule has 0 amide bonds. The maximum absolute atomic E-state index is 4.51. The van der Waals surface area contributed by atoms with Crippen molar-refractivity contribution in [1.29, 1.82) is 0 Å². The molecule has 2 aromatic heterocycles. The molecule has 5 heteroatoms. The highest BCUT2D eigenvalue weighted by atomic mass is 32.1. The van der Waals surface area contributed by atoms with Gasteiger partial charge in [0.25, 0.3) is 0 Å². The molecule has 0 aliphatic heterocycles. The average molecular weight is 276 g/mol. The minimum Gasteiger partial charge on any atom is -0.370 e. The second kappa shape index (κ2) is 6.52. The van der Waals surface area contributed by atoms with Crippen LogP contribution in [0.25, 0.3) is 0 Å². The Morgan fingerprint density at radius 1 is 1.26 bits per heavy atom. The number of anilines is 2. The first-order chi connectivity index (χ1) is 9.22. The Morgan fingerprint density at radius 3 is 2.74 bits per heavy atom. The molecule has 102 valence electrons. The van der Waals surface area contributed by atoms with E-state index in [1.807, 2.05) is 24.4 Å². The average Bonchev–Trinajstić information content (AvgIpc) is 2.88. The molecule has 2 rings (SSSR count). The van der Waals surface area contributed by atoms with Crippen molar-refractivity contribution in [3.63, 3.8) is 0 Å². The van der Waals surface area contributed by atoms with Gasteiger partial charge >= 0.3 is 0 Å². The fourth-order valence-electron chi connectivity index (χ4n) is 1.76. The van der Waals surface area contributed by atoms with Crippen molar-refractivity contribution in [2.24, 2.45) is 0 Å². The monoisotopic (exact) mass is 276 g/mol. The van der Waals surface area contributed by atoms with Crippen LogP contribution in [0.4, 0.5) is 11.6 Å². The van der Waals surface area contributed by atoms with E-state index in [9.17, 15) is 0 Å². The summed E-state index contributed by atoms with van der Waals surface area (Å²) in [4.78, 5) is 10.3. The van der Waals surface area contributed by atoms with E-state index in [0.717, 1.165) is 29.6 Å². The lowest BCUT2D eigenvalue weighted by Gasteiger charge is -2.13. The zero-order valence-electron chi connectivity index (χ0n) is 11.6. The maximum Gasteiger partial charge on any atom is 0.128 e. The van der Waals surface area contributed by atoms with Crippen molar-refractivity contribution in [2.45, 2.75) is 33.2 Å². The van der Waals surface area contributed by atoms with Gasteiger partial charge in [0, 0.05) is 17.6 Å². The second-order valence-electron chi connectivity index (χ2n) is 4.32. The summed E-state index contributed by atoms with van der Waals surface area (Å²) in [6.45, 7) is 7.20. The Morgan fingerprint density at radius 2 is 2.05 bits per heavy atom. The number of nitrogens with one attached hydrogen (secondary N) is 2. The summed E-state index contributed by atoms with van der Waals surface area (Å²) in [5.74, 6) is 1.77. The fraction of sp³-hybridized carbons (Fsp3) is 0.429. The van der Waals surface area contributed by atoms with Crippen molar-refractivity contribution < 1.29 is 0 Å². The molecule has 0 aliphatic carbocycles. The molecule has 0 spiro atoms. The van der Waals surface area contributed by atoms with Crippen molar-refractivity contribution in [2.75, 3.05) is 17.2 Å². The molecule has 19 heavy (non-hydrogen) atoms. The molecule has 0 fully saturated rings. The van der Waals surface area contributed by atoms with Crippen molar-refractivity contribution in [3.05, 3.63) is 34.3 Å². The number of nitrogens with zero attached hydrogens (tertiary/aromatic N) is 2. The Kier molecular flexibility index (Phi) is 4.74. The van der Waals surface area contributed by atoms with Gasteiger partial charge < -0.3 is 10.6 Å². The maximum atomic E-state index is 4.51. The molecule has 2 aromatic rings. The Bertz CT molecular complexity index is 524. The quantitative estimate of drug-likeness (QED) is 0.844. The number of pyridine rings is 1. The highest BCUT2D eigenvalue weighted by molar-refractivity contribution is 7.11. The molecule has 1 unspecified atom stereocenters. The molecule has 0 saturated carbocycles. The first-order valence-corrected chi connectivity index (χ1v) is 7.46. The third kappa shape index (κ3) is 3.67. The number of aryl methyl sites for hydroxylation is 1. The molecule has 0 radical (unpaired) electrons. The smallest absolute Gasteiger partial charge is 0.128 e. The molecule has 2 N–H and O–H groups in total. The number of thiazole rings is 1. The van der Waals surface area contributed by atoms with E-state index in [4.69, 9.17) is 0 Å². The van der Waals surface area contributed by atoms with Gasteiger partial charge in [0.1, 0.15) is 16.6 Å². The Labute approximate surface area is 118 Å². The molecular formula is C14H20N4S. The summed E-state index contributed by atoms with van der Waals surface area (Å²) < 4.78 is 0. The van der Waals surface area contributed by atoms with E-state index < -0.39 is 0 Å². The minimum absolute atomic E-state index is 0.176. The standard InChI is InChI=1S/C14H20N4S/c1-4-11-9-16-14(19-11)10(3)17-13-8-6-7-12(18-13)15-5-2/h6-10H,4-5H2,1-3H3,(H2,15,17,18). The van der Waals surface area contributed by atoms with E-state index in [2.05, 4.69) is 41.4 Å². The summed E-state index contributed by atoms with van der Waals surface area (Å²) in [7, 11) is 0. The molecule has 2 heterocycles. The first-order valence-electron chi connectivity index (χ1n) is 6.65. The Hall–Kier alpha value is -1.62. The van der Waals surface area contributed by atoms with Crippen LogP contribution in [0, 0.1) is 0 Å². The van der Waals surface area contributed by atoms with E-state index in [1.165, 1.54) is 4.88 Å². The second-order valence-corrected chi connectivity index (χ2v) is 5.47. The Balaban J connectivity index is 2.05. The van der Waals surface area contributed by atoms with Crippen LogP contribution >= 0.6 is 11.3 Å². The minimum atomic E-state index is 0.176. The lowest BCUT2D eigenvalue weighted by atomic mass is 10.3. The van der Waals surface area contributed by atoms with Crippen LogP contribution in [0.2, 0.25) is 0 Å². The molecule has 0 bridgehead atoms. The summed E-state index contributed by atoms with van der Waals surface area (Å²) in [6.07, 6.45) is 3.00. The van der Waals surface area contributed by atoms with E-state index in [-0.39, 0.29) is 6.04 Å². The van der Waals surface area contributed by atoms with Crippen LogP contribution in [0.5, 0.6) is 0 Å². The van der Waals surface area contributed by atoms with Gasteiger partial charge in [0.05, 0.1) is 6.04 Å². The van der Waals surface area contributed by atoms with Gasteiger partial charge in [-0.1, -0.05) is 13.0 Å². The summed E-state index contributed by atoms with van der Waals surface area (Å²) in [6, 6.07) is 6.12. The molecule has 0 aromatic carbocycles. The lowest BCUT2D eigenvalue weighted by Crippen LogP contribution is -2.08. The van der Waals surface area contributed by atoms with Gasteiger partial charge in [-0.15, -0.1) is 11.3 Å². The largest absolute Gasteiger partial charge is 0.370 e. The molecular weight excluding hydrogens is 256 g/mol. The fourth-order valence-corrected chi connectivity index (χ4v) is 2.62. The van der Waals surface area contributed by atoms with E-state index in [1.54, 1.807) is 11.3 Å². The van der Waals surface area contributed by atoms with E-state index >= 15 is 0 Å². The lowest BCUT2D eigenvalue weighted by molar-refractivity contribution is 0.860. The highest BCUT2D eigenvalue weighted by Gasteiger charge is 2.10. The third-order valence-corrected chi connectivity index (χ3v) is 4.09. The van der Waals surface area contributed by atoms with Crippen LogP contribution in [-0.2, 0) is 6.42 Å². The van der Waals surface area contributed by atoms with Gasteiger partial charge in [-0.25, -0.2) is 9.97 Å². The zero-order valence-corrected chi connectivity index (χ0v) is 12.4. The van der Waals surface area contributed by atoms with Crippen LogP contribution in [0.15, 0.2) is 24.4 Å². The number of hydrogen-bond acceptors (Lipinski definition) is 5. The van der Waals surface area contributed by atoms with Gasteiger partial charge in [-0.3, -0.25) is 0 Å². The van der Waals surface area contributed by atoms with Crippen LogP contribution in [-0.4, -0.2) is 16.5 Å². The van der Waals surface area contributed by atoms with Crippen molar-refractivity contribution >= 4 is 23.0 Å². The van der Waals surface area contributed by atoms with E-state index in [0.29, 0.717) is 0 Å². The molecule has 0 saturated heterocycles. The summed E-state index contributed by atoms with van der Waals surface area (Å²) >= 11 is 1.76. The van der Waals surface area contributed by atoms with Crippen molar-refractivity contribution in [1.82, 2.24) is 9.97 Å². The number of hydrogen-bond donors (Lipinski definition) is 2. The topological polar surface area (TPSA) is 49.8 Å². The van der Waals surface area contributed by atoms with Gasteiger partial charge in [0.15, 0.2) is 0 Å². The predicted octanol–water partition coefficient (Wildman–Crippen LogP) is 3.71. The van der Waals surface area contributed by atoms with Crippen LogP contribution in [0.1, 0.15) is 36.7 Å². The predicted molar refractivity (Wildman–Crippen MR) is 81.9 cm³/mol. The van der Waals surface area contributed by atoms with Gasteiger partial charge in [0.2, 0.25) is 0 Å². The molecule has 0 aliphatic rings. The van der Waals surface area contributed by atoms with Crippen LogP contribution in [0.3, 0.4) is 0 Å². The van der Waals surface area contributed by atoms with Crippen LogP contribution < -0.4 is 10.6 Å².